The van der Waals surface area contributed by atoms with Gasteiger partial charge < -0.3 is 20.7 Å². The van der Waals surface area contributed by atoms with Crippen LogP contribution >= 0.6 is 0 Å². The molecule has 0 saturated heterocycles. The van der Waals surface area contributed by atoms with E-state index in [1.807, 2.05) is 42.5 Å². The number of amides is 1. The predicted molar refractivity (Wildman–Crippen MR) is 119 cm³/mol. The molecule has 1 amide bonds. The highest BCUT2D eigenvalue weighted by Crippen LogP contribution is 2.17. The van der Waals surface area contributed by atoms with Crippen molar-refractivity contribution in [2.45, 2.75) is 32.7 Å². The molecule has 2 aromatic carbocycles. The molecule has 0 bridgehead atoms. The van der Waals surface area contributed by atoms with Gasteiger partial charge in [-0.05, 0) is 42.2 Å². The zero-order chi connectivity index (χ0) is 20.9. The minimum absolute atomic E-state index is 0.0215. The zero-order valence-electron chi connectivity index (χ0n) is 17.6. The molecule has 0 aromatic heterocycles. The Morgan fingerprint density at radius 2 is 1.76 bits per heavy atom. The van der Waals surface area contributed by atoms with Crippen LogP contribution in [0.15, 0.2) is 53.5 Å². The van der Waals surface area contributed by atoms with E-state index in [0.29, 0.717) is 12.1 Å². The molecule has 0 saturated carbocycles. The second-order valence-electron chi connectivity index (χ2n) is 6.72. The highest BCUT2D eigenvalue weighted by atomic mass is 16.5. The number of ether oxygens (including phenoxy) is 1. The predicted octanol–water partition coefficient (Wildman–Crippen LogP) is 3.13. The van der Waals surface area contributed by atoms with Crippen molar-refractivity contribution in [3.8, 4) is 5.75 Å². The van der Waals surface area contributed by atoms with Gasteiger partial charge >= 0.3 is 0 Å². The number of aliphatic imine (C=N–C) groups is 1. The van der Waals surface area contributed by atoms with Crippen molar-refractivity contribution in [3.05, 3.63) is 65.2 Å². The van der Waals surface area contributed by atoms with Gasteiger partial charge in [0.05, 0.1) is 7.11 Å². The molecule has 0 radical (unpaired) electrons. The van der Waals surface area contributed by atoms with Crippen LogP contribution in [0, 0.1) is 0 Å². The molecule has 0 fully saturated rings. The van der Waals surface area contributed by atoms with Gasteiger partial charge in [0.1, 0.15) is 5.75 Å². The maximum Gasteiger partial charge on any atom is 0.251 e. The molecule has 0 spiro atoms. The van der Waals surface area contributed by atoms with E-state index < -0.39 is 0 Å². The Morgan fingerprint density at radius 1 is 1.00 bits per heavy atom. The molecule has 0 atom stereocenters. The fourth-order valence-electron chi connectivity index (χ4n) is 2.89. The summed E-state index contributed by atoms with van der Waals surface area (Å²) in [4.78, 5) is 16.3. The Morgan fingerprint density at radius 3 is 2.45 bits per heavy atom. The first-order chi connectivity index (χ1) is 14.2. The van der Waals surface area contributed by atoms with E-state index >= 15 is 0 Å². The summed E-state index contributed by atoms with van der Waals surface area (Å²) in [6.07, 6.45) is 2.91. The number of guanidine groups is 1. The number of benzene rings is 2. The van der Waals surface area contributed by atoms with Gasteiger partial charge in [0.2, 0.25) is 0 Å². The van der Waals surface area contributed by atoms with Crippen LogP contribution in [-0.4, -0.2) is 39.1 Å². The third kappa shape index (κ3) is 7.49. The molecule has 3 N–H and O–H groups in total. The van der Waals surface area contributed by atoms with Crippen molar-refractivity contribution in [1.29, 1.82) is 0 Å². The standard InChI is InChI=1S/C23H32N4O2/c1-4-5-15-25-22(28)20-12-10-18(11-13-20)17-27-23(24-2)26-16-14-19-8-6-7-9-21(19)29-3/h6-13H,4-5,14-17H2,1-3H3,(H,25,28)(H2,24,26,27). The molecule has 0 aliphatic carbocycles. The highest BCUT2D eigenvalue weighted by molar-refractivity contribution is 5.94. The van der Waals surface area contributed by atoms with Crippen molar-refractivity contribution in [3.63, 3.8) is 0 Å². The summed E-state index contributed by atoms with van der Waals surface area (Å²) in [5, 5.41) is 9.55. The number of unbranched alkanes of at least 4 members (excludes halogenated alkanes) is 1. The second-order valence-corrected chi connectivity index (χ2v) is 6.72. The number of nitrogens with zero attached hydrogens (tertiary/aromatic N) is 1. The minimum Gasteiger partial charge on any atom is -0.496 e. The number of hydrogen-bond donors (Lipinski definition) is 3. The Hall–Kier alpha value is -3.02. The number of para-hydroxylation sites is 1. The summed E-state index contributed by atoms with van der Waals surface area (Å²) in [5.74, 6) is 1.61. The number of methoxy groups -OCH3 is 1. The lowest BCUT2D eigenvalue weighted by atomic mass is 10.1. The minimum atomic E-state index is -0.0215. The molecule has 2 rings (SSSR count). The number of carbonyl (C=O) groups is 1. The van der Waals surface area contributed by atoms with E-state index in [4.69, 9.17) is 4.74 Å². The molecule has 6 heteroatoms. The Kier molecular flexibility index (Phi) is 9.55. The van der Waals surface area contributed by atoms with Gasteiger partial charge in [-0.15, -0.1) is 0 Å². The summed E-state index contributed by atoms with van der Waals surface area (Å²) in [6, 6.07) is 15.7. The van der Waals surface area contributed by atoms with E-state index in [9.17, 15) is 4.79 Å². The van der Waals surface area contributed by atoms with Crippen LogP contribution in [0.4, 0.5) is 0 Å². The third-order valence-corrected chi connectivity index (χ3v) is 4.59. The molecule has 2 aromatic rings. The van der Waals surface area contributed by atoms with Crippen molar-refractivity contribution >= 4 is 11.9 Å². The summed E-state index contributed by atoms with van der Waals surface area (Å²) < 4.78 is 5.39. The first kappa shape index (κ1) is 22.3. The maximum absolute atomic E-state index is 12.1. The zero-order valence-corrected chi connectivity index (χ0v) is 17.6. The van der Waals surface area contributed by atoms with Crippen molar-refractivity contribution in [2.75, 3.05) is 27.2 Å². The molecule has 29 heavy (non-hydrogen) atoms. The summed E-state index contributed by atoms with van der Waals surface area (Å²) in [6.45, 7) is 4.20. The Bertz CT molecular complexity index is 788. The smallest absolute Gasteiger partial charge is 0.251 e. The number of carbonyl (C=O) groups excluding carboxylic acids is 1. The topological polar surface area (TPSA) is 74.8 Å². The van der Waals surface area contributed by atoms with Gasteiger partial charge in [0.25, 0.3) is 5.91 Å². The van der Waals surface area contributed by atoms with Gasteiger partial charge in [-0.25, -0.2) is 0 Å². The normalized spacial score (nSPS) is 11.1. The Labute approximate surface area is 173 Å². The maximum atomic E-state index is 12.1. The van der Waals surface area contributed by atoms with E-state index in [1.54, 1.807) is 14.2 Å². The van der Waals surface area contributed by atoms with E-state index in [2.05, 4.69) is 33.9 Å². The van der Waals surface area contributed by atoms with Crippen LogP contribution < -0.4 is 20.7 Å². The van der Waals surface area contributed by atoms with E-state index in [-0.39, 0.29) is 5.91 Å². The number of rotatable bonds is 10. The van der Waals surface area contributed by atoms with E-state index in [1.165, 1.54) is 0 Å². The van der Waals surface area contributed by atoms with Crippen LogP contribution in [0.3, 0.4) is 0 Å². The van der Waals surface area contributed by atoms with Crippen LogP contribution in [0.1, 0.15) is 41.3 Å². The second kappa shape index (κ2) is 12.4. The average Bonchev–Trinajstić information content (AvgIpc) is 2.76. The molecule has 0 aliphatic heterocycles. The molecule has 0 heterocycles. The lowest BCUT2D eigenvalue weighted by Crippen LogP contribution is -2.37. The molecule has 0 unspecified atom stereocenters. The van der Waals surface area contributed by atoms with E-state index in [0.717, 1.165) is 55.2 Å². The fraction of sp³-hybridized carbons (Fsp3) is 0.391. The lowest BCUT2D eigenvalue weighted by molar-refractivity contribution is 0.0953. The van der Waals surface area contributed by atoms with Crippen molar-refractivity contribution < 1.29 is 9.53 Å². The summed E-state index contributed by atoms with van der Waals surface area (Å²) in [5.41, 5.74) is 2.93. The monoisotopic (exact) mass is 396 g/mol. The molecular formula is C23H32N4O2. The summed E-state index contributed by atoms with van der Waals surface area (Å²) in [7, 11) is 3.44. The van der Waals surface area contributed by atoms with Crippen LogP contribution in [0.5, 0.6) is 5.75 Å². The van der Waals surface area contributed by atoms with Gasteiger partial charge in [0.15, 0.2) is 5.96 Å². The van der Waals surface area contributed by atoms with Crippen molar-refractivity contribution in [1.82, 2.24) is 16.0 Å². The quantitative estimate of drug-likeness (QED) is 0.328. The van der Waals surface area contributed by atoms with Crippen LogP contribution in [0.25, 0.3) is 0 Å². The molecule has 6 nitrogen and oxygen atoms in total. The van der Waals surface area contributed by atoms with Gasteiger partial charge in [-0.1, -0.05) is 43.7 Å². The van der Waals surface area contributed by atoms with Gasteiger partial charge in [0, 0.05) is 32.2 Å². The largest absolute Gasteiger partial charge is 0.496 e. The van der Waals surface area contributed by atoms with Gasteiger partial charge in [-0.3, -0.25) is 9.79 Å². The summed E-state index contributed by atoms with van der Waals surface area (Å²) >= 11 is 0. The van der Waals surface area contributed by atoms with Crippen LogP contribution in [-0.2, 0) is 13.0 Å². The first-order valence-electron chi connectivity index (χ1n) is 10.1. The molecule has 0 aliphatic rings. The molecular weight excluding hydrogens is 364 g/mol. The number of nitrogens with one attached hydrogen (secondary N) is 3. The Balaban J connectivity index is 1.78. The SMILES string of the molecule is CCCCNC(=O)c1ccc(CNC(=NC)NCCc2ccccc2OC)cc1. The van der Waals surface area contributed by atoms with Gasteiger partial charge in [-0.2, -0.15) is 0 Å². The number of hydrogen-bond acceptors (Lipinski definition) is 3. The van der Waals surface area contributed by atoms with Crippen LogP contribution in [0.2, 0.25) is 0 Å². The lowest BCUT2D eigenvalue weighted by Gasteiger charge is -2.13. The first-order valence-corrected chi connectivity index (χ1v) is 10.1. The fourth-order valence-corrected chi connectivity index (χ4v) is 2.89. The average molecular weight is 397 g/mol. The molecule has 156 valence electrons. The highest BCUT2D eigenvalue weighted by Gasteiger charge is 2.05. The third-order valence-electron chi connectivity index (χ3n) is 4.59. The van der Waals surface area contributed by atoms with Crippen molar-refractivity contribution in [2.24, 2.45) is 4.99 Å².